The van der Waals surface area contributed by atoms with Gasteiger partial charge in [-0.05, 0) is 24.1 Å². The van der Waals surface area contributed by atoms with Gasteiger partial charge in [-0.1, -0.05) is 13.8 Å². The first-order chi connectivity index (χ1) is 7.67. The van der Waals surface area contributed by atoms with Crippen LogP contribution in [0.5, 0.6) is 0 Å². The zero-order valence-corrected chi connectivity index (χ0v) is 9.28. The maximum absolute atomic E-state index is 11.0. The van der Waals surface area contributed by atoms with Crippen molar-refractivity contribution in [2.75, 3.05) is 0 Å². The summed E-state index contributed by atoms with van der Waals surface area (Å²) in [5, 5.41) is 9.06. The van der Waals surface area contributed by atoms with E-state index in [-0.39, 0.29) is 0 Å². The molecule has 0 atom stereocenters. The van der Waals surface area contributed by atoms with Crippen LogP contribution in [0.4, 0.5) is 0 Å². The lowest BCUT2D eigenvalue weighted by Crippen LogP contribution is -2.02. The number of hydrogen-bond acceptors (Lipinski definition) is 3. The van der Waals surface area contributed by atoms with Crippen LogP contribution in [0.3, 0.4) is 0 Å². The summed E-state index contributed by atoms with van der Waals surface area (Å²) >= 11 is 0. The monoisotopic (exact) mass is 219 g/mol. The van der Waals surface area contributed by atoms with E-state index in [1.54, 1.807) is 12.1 Å². The Morgan fingerprint density at radius 3 is 2.69 bits per heavy atom. The van der Waals surface area contributed by atoms with Crippen LogP contribution >= 0.6 is 0 Å². The highest BCUT2D eigenvalue weighted by Crippen LogP contribution is 2.24. The number of oxazole rings is 1. The van der Waals surface area contributed by atoms with Gasteiger partial charge in [-0.25, -0.2) is 9.78 Å². The average Bonchev–Trinajstić information content (AvgIpc) is 2.69. The van der Waals surface area contributed by atoms with Crippen LogP contribution in [0.1, 0.15) is 35.7 Å². The van der Waals surface area contributed by atoms with Crippen molar-refractivity contribution in [3.63, 3.8) is 0 Å². The summed E-state index contributed by atoms with van der Waals surface area (Å²) in [6, 6.07) is 3.25. The van der Waals surface area contributed by atoms with Crippen LogP contribution in [0, 0.1) is 0 Å². The van der Waals surface area contributed by atoms with Crippen molar-refractivity contribution in [1.29, 1.82) is 0 Å². The van der Waals surface area contributed by atoms with Gasteiger partial charge < -0.3 is 9.52 Å². The molecule has 0 aliphatic rings. The predicted molar refractivity (Wildman–Crippen MR) is 59.7 cm³/mol. The summed E-state index contributed by atoms with van der Waals surface area (Å²) in [4.78, 5) is 15.4. The molecule has 0 saturated heterocycles. The highest BCUT2D eigenvalue weighted by Gasteiger charge is 2.15. The van der Waals surface area contributed by atoms with E-state index < -0.39 is 5.97 Å². The molecule has 4 heteroatoms. The van der Waals surface area contributed by atoms with Crippen molar-refractivity contribution in [1.82, 2.24) is 4.98 Å². The summed E-state index contributed by atoms with van der Waals surface area (Å²) < 4.78 is 5.49. The molecule has 16 heavy (non-hydrogen) atoms. The number of carbonyl (C=O) groups is 1. The molecule has 0 aliphatic heterocycles. The van der Waals surface area contributed by atoms with E-state index in [2.05, 4.69) is 4.98 Å². The van der Waals surface area contributed by atoms with Crippen molar-refractivity contribution < 1.29 is 14.3 Å². The standard InChI is InChI=1S/C12H13NO3/c1-3-7-8(12(14)15)5-6-9-11(7)13-10(4-2)16-9/h5-6H,3-4H2,1-2H3,(H,14,15). The van der Waals surface area contributed by atoms with Gasteiger partial charge in [-0.15, -0.1) is 0 Å². The Bertz CT molecular complexity index is 542. The summed E-state index contributed by atoms with van der Waals surface area (Å²) in [6.45, 7) is 3.87. The minimum Gasteiger partial charge on any atom is -0.478 e. The molecule has 0 unspecified atom stereocenters. The number of aromatic carboxylic acids is 1. The normalized spacial score (nSPS) is 10.9. The van der Waals surface area contributed by atoms with Gasteiger partial charge in [0.1, 0.15) is 5.52 Å². The lowest BCUT2D eigenvalue weighted by molar-refractivity contribution is 0.0696. The number of fused-ring (bicyclic) bond motifs is 1. The van der Waals surface area contributed by atoms with Gasteiger partial charge in [0.25, 0.3) is 0 Å². The van der Waals surface area contributed by atoms with Crippen LogP contribution < -0.4 is 0 Å². The molecule has 84 valence electrons. The van der Waals surface area contributed by atoms with E-state index in [0.717, 1.165) is 5.56 Å². The number of carboxylic acid groups (broad SMARTS) is 1. The molecule has 1 heterocycles. The van der Waals surface area contributed by atoms with E-state index in [9.17, 15) is 4.79 Å². The van der Waals surface area contributed by atoms with Crippen LogP contribution in [0.15, 0.2) is 16.5 Å². The second kappa shape index (κ2) is 3.96. The maximum Gasteiger partial charge on any atom is 0.336 e. The van der Waals surface area contributed by atoms with Crippen LogP contribution in [0.2, 0.25) is 0 Å². The van der Waals surface area contributed by atoms with Crippen molar-refractivity contribution in [3.05, 3.63) is 29.2 Å². The number of hydrogen-bond donors (Lipinski definition) is 1. The molecule has 0 amide bonds. The molecule has 1 aromatic carbocycles. The second-order valence-electron chi connectivity index (χ2n) is 3.56. The third-order valence-electron chi connectivity index (χ3n) is 2.60. The highest BCUT2D eigenvalue weighted by atomic mass is 16.4. The molecule has 1 aromatic heterocycles. The molecule has 0 spiro atoms. The first-order valence-corrected chi connectivity index (χ1v) is 5.32. The molecule has 1 N–H and O–H groups in total. The van der Waals surface area contributed by atoms with Gasteiger partial charge >= 0.3 is 5.97 Å². The second-order valence-corrected chi connectivity index (χ2v) is 3.56. The van der Waals surface area contributed by atoms with Gasteiger partial charge in [-0.2, -0.15) is 0 Å². The Labute approximate surface area is 92.9 Å². The summed E-state index contributed by atoms with van der Waals surface area (Å²) in [7, 11) is 0. The first-order valence-electron chi connectivity index (χ1n) is 5.32. The number of carboxylic acids is 1. The fraction of sp³-hybridized carbons (Fsp3) is 0.333. The summed E-state index contributed by atoms with van der Waals surface area (Å²) in [6.07, 6.45) is 1.34. The maximum atomic E-state index is 11.0. The third kappa shape index (κ3) is 1.56. The minimum absolute atomic E-state index is 0.311. The number of aromatic nitrogens is 1. The molecule has 0 fully saturated rings. The Morgan fingerprint density at radius 2 is 2.12 bits per heavy atom. The lowest BCUT2D eigenvalue weighted by Gasteiger charge is -2.02. The van der Waals surface area contributed by atoms with Gasteiger partial charge in [-0.3, -0.25) is 0 Å². The molecule has 0 bridgehead atoms. The van der Waals surface area contributed by atoms with Crippen molar-refractivity contribution in [2.24, 2.45) is 0 Å². The molecular weight excluding hydrogens is 206 g/mol. The number of rotatable bonds is 3. The SMILES string of the molecule is CCc1nc2c(CC)c(C(=O)O)ccc2o1. The Hall–Kier alpha value is -1.84. The Balaban J connectivity index is 2.74. The van der Waals surface area contributed by atoms with Gasteiger partial charge in [0.15, 0.2) is 11.5 Å². The Morgan fingerprint density at radius 1 is 1.38 bits per heavy atom. The molecule has 2 aromatic rings. The van der Waals surface area contributed by atoms with E-state index >= 15 is 0 Å². The number of aryl methyl sites for hydroxylation is 2. The van der Waals surface area contributed by atoms with Crippen LogP contribution in [-0.4, -0.2) is 16.1 Å². The Kier molecular flexibility index (Phi) is 2.64. The van der Waals surface area contributed by atoms with Crippen LogP contribution in [-0.2, 0) is 12.8 Å². The van der Waals surface area contributed by atoms with Gasteiger partial charge in [0, 0.05) is 6.42 Å². The molecule has 0 aliphatic carbocycles. The largest absolute Gasteiger partial charge is 0.478 e. The number of benzene rings is 1. The zero-order valence-electron chi connectivity index (χ0n) is 9.28. The van der Waals surface area contributed by atoms with E-state index in [4.69, 9.17) is 9.52 Å². The quantitative estimate of drug-likeness (QED) is 0.861. The molecule has 0 radical (unpaired) electrons. The van der Waals surface area contributed by atoms with E-state index in [1.807, 2.05) is 13.8 Å². The molecule has 4 nitrogen and oxygen atoms in total. The number of nitrogens with zero attached hydrogens (tertiary/aromatic N) is 1. The zero-order chi connectivity index (χ0) is 11.7. The van der Waals surface area contributed by atoms with Crippen molar-refractivity contribution >= 4 is 17.1 Å². The highest BCUT2D eigenvalue weighted by molar-refractivity contribution is 5.95. The van der Waals surface area contributed by atoms with Gasteiger partial charge in [0.05, 0.1) is 5.56 Å². The van der Waals surface area contributed by atoms with E-state index in [0.29, 0.717) is 35.4 Å². The molecular formula is C12H13NO3. The first kappa shape index (κ1) is 10.7. The smallest absolute Gasteiger partial charge is 0.336 e. The summed E-state index contributed by atoms with van der Waals surface area (Å²) in [5.74, 6) is -0.271. The summed E-state index contributed by atoms with van der Waals surface area (Å²) in [5.41, 5.74) is 2.40. The molecule has 2 rings (SSSR count). The van der Waals surface area contributed by atoms with E-state index in [1.165, 1.54) is 0 Å². The average molecular weight is 219 g/mol. The van der Waals surface area contributed by atoms with Crippen molar-refractivity contribution in [3.8, 4) is 0 Å². The fourth-order valence-corrected chi connectivity index (χ4v) is 1.80. The third-order valence-corrected chi connectivity index (χ3v) is 2.60. The van der Waals surface area contributed by atoms with Gasteiger partial charge in [0.2, 0.25) is 0 Å². The lowest BCUT2D eigenvalue weighted by atomic mass is 10.0. The topological polar surface area (TPSA) is 63.3 Å². The van der Waals surface area contributed by atoms with Crippen LogP contribution in [0.25, 0.3) is 11.1 Å². The minimum atomic E-state index is -0.917. The van der Waals surface area contributed by atoms with Crippen molar-refractivity contribution in [2.45, 2.75) is 26.7 Å². The molecule has 0 saturated carbocycles. The fourth-order valence-electron chi connectivity index (χ4n) is 1.80. The predicted octanol–water partition coefficient (Wildman–Crippen LogP) is 2.65.